The minimum absolute atomic E-state index is 0.364. The van der Waals surface area contributed by atoms with Gasteiger partial charge >= 0.3 is 0 Å². The van der Waals surface area contributed by atoms with Crippen molar-refractivity contribution in [1.29, 1.82) is 0 Å². The number of nitrogens with two attached hydrogens (primary N) is 1. The first kappa shape index (κ1) is 13.9. The lowest BCUT2D eigenvalue weighted by atomic mass is 9.92. The Bertz CT molecular complexity index is 389. The molecule has 0 unspecified atom stereocenters. The molecule has 0 spiro atoms. The van der Waals surface area contributed by atoms with E-state index in [9.17, 15) is 0 Å². The summed E-state index contributed by atoms with van der Waals surface area (Å²) >= 11 is 0. The third kappa shape index (κ3) is 3.95. The van der Waals surface area contributed by atoms with Crippen LogP contribution in [0, 0.1) is 19.3 Å². The first-order valence-corrected chi connectivity index (χ1v) is 6.28. The van der Waals surface area contributed by atoms with Crippen LogP contribution in [0.1, 0.15) is 38.3 Å². The summed E-state index contributed by atoms with van der Waals surface area (Å²) in [5.41, 5.74) is 11.0. The first-order chi connectivity index (χ1) is 7.70. The van der Waals surface area contributed by atoms with Crippen molar-refractivity contribution in [2.45, 2.75) is 41.0 Å². The SMILES string of the molecule is Cc1cc(N)c(N(C)CCC(C)(C)C)cc1C. The molecule has 0 radical (unpaired) electrons. The van der Waals surface area contributed by atoms with Crippen LogP contribution >= 0.6 is 0 Å². The maximum absolute atomic E-state index is 6.09. The Balaban J connectivity index is 2.82. The predicted molar refractivity (Wildman–Crippen MR) is 77.7 cm³/mol. The van der Waals surface area contributed by atoms with E-state index in [1.165, 1.54) is 11.1 Å². The molecule has 0 bridgehead atoms. The van der Waals surface area contributed by atoms with Crippen LogP contribution in [-0.4, -0.2) is 13.6 Å². The summed E-state index contributed by atoms with van der Waals surface area (Å²) in [7, 11) is 2.12. The van der Waals surface area contributed by atoms with Crippen molar-refractivity contribution >= 4 is 11.4 Å². The van der Waals surface area contributed by atoms with Gasteiger partial charge in [0, 0.05) is 13.6 Å². The zero-order chi connectivity index (χ0) is 13.2. The molecule has 1 aromatic carbocycles. The van der Waals surface area contributed by atoms with Gasteiger partial charge in [-0.1, -0.05) is 20.8 Å². The molecule has 2 N–H and O–H groups in total. The Morgan fingerprint density at radius 1 is 1.12 bits per heavy atom. The summed E-state index contributed by atoms with van der Waals surface area (Å²) in [6.45, 7) is 12.1. The standard InChI is InChI=1S/C15H26N2/c1-11-9-13(16)14(10-12(11)2)17(6)8-7-15(3,4)5/h9-10H,7-8,16H2,1-6H3. The minimum Gasteiger partial charge on any atom is -0.397 e. The molecular weight excluding hydrogens is 208 g/mol. The molecule has 0 atom stereocenters. The number of rotatable bonds is 3. The fourth-order valence-corrected chi connectivity index (χ4v) is 1.78. The lowest BCUT2D eigenvalue weighted by Gasteiger charge is -2.26. The zero-order valence-electron chi connectivity index (χ0n) is 12.1. The average molecular weight is 234 g/mol. The molecule has 0 fully saturated rings. The number of nitrogens with zero attached hydrogens (tertiary/aromatic N) is 1. The summed E-state index contributed by atoms with van der Waals surface area (Å²) in [6, 6.07) is 4.26. The average Bonchev–Trinajstić information content (AvgIpc) is 2.19. The molecule has 1 aromatic rings. The number of benzene rings is 1. The summed E-state index contributed by atoms with van der Waals surface area (Å²) in [5.74, 6) is 0. The predicted octanol–water partition coefficient (Wildman–Crippen LogP) is 3.76. The smallest absolute Gasteiger partial charge is 0.0600 e. The van der Waals surface area contributed by atoms with Crippen LogP contribution in [0.2, 0.25) is 0 Å². The second kappa shape index (κ2) is 4.99. The van der Waals surface area contributed by atoms with E-state index >= 15 is 0 Å². The molecule has 2 heteroatoms. The van der Waals surface area contributed by atoms with Gasteiger partial charge in [-0.05, 0) is 48.9 Å². The zero-order valence-corrected chi connectivity index (χ0v) is 12.1. The summed E-state index contributed by atoms with van der Waals surface area (Å²) in [4.78, 5) is 2.26. The normalized spacial score (nSPS) is 11.6. The minimum atomic E-state index is 0.364. The molecule has 0 aliphatic rings. The van der Waals surface area contributed by atoms with Gasteiger partial charge < -0.3 is 10.6 Å². The molecule has 0 aliphatic carbocycles. The Labute approximate surface area is 106 Å². The summed E-state index contributed by atoms with van der Waals surface area (Å²) < 4.78 is 0. The third-order valence-corrected chi connectivity index (χ3v) is 3.25. The molecule has 0 aliphatic heterocycles. The second-order valence-corrected chi connectivity index (χ2v) is 6.23. The van der Waals surface area contributed by atoms with E-state index in [1.54, 1.807) is 0 Å². The fraction of sp³-hybridized carbons (Fsp3) is 0.600. The monoisotopic (exact) mass is 234 g/mol. The van der Waals surface area contributed by atoms with Gasteiger partial charge in [-0.25, -0.2) is 0 Å². The van der Waals surface area contributed by atoms with Gasteiger partial charge in [0.2, 0.25) is 0 Å². The van der Waals surface area contributed by atoms with Gasteiger partial charge in [0.05, 0.1) is 11.4 Å². The van der Waals surface area contributed by atoms with Gasteiger partial charge in [0.1, 0.15) is 0 Å². The van der Waals surface area contributed by atoms with Crippen molar-refractivity contribution in [2.75, 3.05) is 24.2 Å². The van der Waals surface area contributed by atoms with Gasteiger partial charge in [0.25, 0.3) is 0 Å². The van der Waals surface area contributed by atoms with Gasteiger partial charge in [-0.2, -0.15) is 0 Å². The van der Waals surface area contributed by atoms with Crippen LogP contribution in [0.4, 0.5) is 11.4 Å². The van der Waals surface area contributed by atoms with E-state index in [1.807, 2.05) is 0 Å². The van der Waals surface area contributed by atoms with Crippen LogP contribution in [0.25, 0.3) is 0 Å². The van der Waals surface area contributed by atoms with Crippen molar-refractivity contribution in [2.24, 2.45) is 5.41 Å². The van der Waals surface area contributed by atoms with Crippen LogP contribution in [0.3, 0.4) is 0 Å². The maximum Gasteiger partial charge on any atom is 0.0600 e. The largest absolute Gasteiger partial charge is 0.397 e. The molecule has 0 saturated carbocycles. The lowest BCUT2D eigenvalue weighted by Crippen LogP contribution is -2.24. The quantitative estimate of drug-likeness (QED) is 0.807. The molecule has 0 saturated heterocycles. The summed E-state index contributed by atoms with van der Waals surface area (Å²) in [5, 5.41) is 0. The van der Waals surface area contributed by atoms with Crippen molar-refractivity contribution in [3.8, 4) is 0 Å². The number of hydrogen-bond acceptors (Lipinski definition) is 2. The summed E-state index contributed by atoms with van der Waals surface area (Å²) in [6.07, 6.45) is 1.16. The Kier molecular flexibility index (Phi) is 4.07. The molecule has 1 rings (SSSR count). The lowest BCUT2D eigenvalue weighted by molar-refractivity contribution is 0.382. The highest BCUT2D eigenvalue weighted by atomic mass is 15.1. The topological polar surface area (TPSA) is 29.3 Å². The van der Waals surface area contributed by atoms with Crippen molar-refractivity contribution in [3.63, 3.8) is 0 Å². The highest BCUT2D eigenvalue weighted by Crippen LogP contribution is 2.27. The highest BCUT2D eigenvalue weighted by Gasteiger charge is 2.13. The van der Waals surface area contributed by atoms with Gasteiger partial charge in [-0.15, -0.1) is 0 Å². The number of aryl methyl sites for hydroxylation is 2. The molecule has 0 aromatic heterocycles. The van der Waals surface area contributed by atoms with E-state index in [0.29, 0.717) is 5.41 Å². The van der Waals surface area contributed by atoms with Crippen molar-refractivity contribution in [1.82, 2.24) is 0 Å². The first-order valence-electron chi connectivity index (χ1n) is 6.28. The van der Waals surface area contributed by atoms with Gasteiger partial charge in [-0.3, -0.25) is 0 Å². The molecule has 0 amide bonds. The van der Waals surface area contributed by atoms with Gasteiger partial charge in [0.15, 0.2) is 0 Å². The van der Waals surface area contributed by atoms with E-state index in [2.05, 4.69) is 58.7 Å². The highest BCUT2D eigenvalue weighted by molar-refractivity contribution is 5.69. The molecular formula is C15H26N2. The van der Waals surface area contributed by atoms with Crippen LogP contribution in [-0.2, 0) is 0 Å². The number of nitrogen functional groups attached to an aromatic ring is 1. The Morgan fingerprint density at radius 2 is 1.65 bits per heavy atom. The Hall–Kier alpha value is -1.18. The van der Waals surface area contributed by atoms with Crippen molar-refractivity contribution in [3.05, 3.63) is 23.3 Å². The number of hydrogen-bond donors (Lipinski definition) is 1. The van der Waals surface area contributed by atoms with E-state index in [-0.39, 0.29) is 0 Å². The molecule has 17 heavy (non-hydrogen) atoms. The van der Waals surface area contributed by atoms with E-state index in [4.69, 9.17) is 5.73 Å². The van der Waals surface area contributed by atoms with E-state index < -0.39 is 0 Å². The van der Waals surface area contributed by atoms with E-state index in [0.717, 1.165) is 24.3 Å². The maximum atomic E-state index is 6.09. The van der Waals surface area contributed by atoms with Crippen molar-refractivity contribution < 1.29 is 0 Å². The van der Waals surface area contributed by atoms with Crippen LogP contribution in [0.15, 0.2) is 12.1 Å². The molecule has 0 heterocycles. The van der Waals surface area contributed by atoms with Crippen LogP contribution < -0.4 is 10.6 Å². The second-order valence-electron chi connectivity index (χ2n) is 6.23. The molecule has 96 valence electrons. The Morgan fingerprint density at radius 3 is 2.18 bits per heavy atom. The van der Waals surface area contributed by atoms with Crippen LogP contribution in [0.5, 0.6) is 0 Å². The third-order valence-electron chi connectivity index (χ3n) is 3.25. The number of anilines is 2. The fourth-order valence-electron chi connectivity index (χ4n) is 1.78. The molecule has 2 nitrogen and oxygen atoms in total.